The highest BCUT2D eigenvalue weighted by Gasteiger charge is 1.93. The molecule has 0 saturated carbocycles. The smallest absolute Gasteiger partial charge is 0.0639 e. The van der Waals surface area contributed by atoms with E-state index < -0.39 is 0 Å². The Morgan fingerprint density at radius 1 is 1.12 bits per heavy atom. The van der Waals surface area contributed by atoms with E-state index in [-0.39, 0.29) is 0 Å². The monoisotopic (exact) mass is 257 g/mol. The molecule has 0 unspecified atom stereocenters. The lowest BCUT2D eigenvalue weighted by Crippen LogP contribution is -2.10. The van der Waals surface area contributed by atoms with Crippen LogP contribution in [0.25, 0.3) is 0 Å². The van der Waals surface area contributed by atoms with Gasteiger partial charge < -0.3 is 14.8 Å². The summed E-state index contributed by atoms with van der Waals surface area (Å²) in [6, 6.07) is 8.11. The molecule has 0 aliphatic heterocycles. The summed E-state index contributed by atoms with van der Waals surface area (Å²) in [5.74, 6) is 0.558. The maximum Gasteiger partial charge on any atom is 0.0639 e. The van der Waals surface area contributed by atoms with Crippen molar-refractivity contribution in [2.45, 2.75) is 12.3 Å². The van der Waals surface area contributed by atoms with Crippen LogP contribution in [0.1, 0.15) is 12.0 Å². The van der Waals surface area contributed by atoms with Gasteiger partial charge in [0.05, 0.1) is 6.61 Å². The van der Waals surface area contributed by atoms with E-state index in [1.54, 1.807) is 7.11 Å². The van der Waals surface area contributed by atoms with Crippen LogP contribution in [-0.2, 0) is 15.4 Å². The van der Waals surface area contributed by atoms with E-state index in [4.69, 9.17) is 21.1 Å². The minimum atomic E-state index is 0.558. The maximum absolute atomic E-state index is 5.72. The van der Waals surface area contributed by atoms with Gasteiger partial charge in [-0.25, -0.2) is 0 Å². The molecule has 0 aliphatic rings. The van der Waals surface area contributed by atoms with Gasteiger partial charge >= 0.3 is 0 Å². The zero-order valence-electron chi connectivity index (χ0n) is 10.2. The van der Waals surface area contributed by atoms with E-state index in [2.05, 4.69) is 5.32 Å². The van der Waals surface area contributed by atoms with E-state index >= 15 is 0 Å². The van der Waals surface area contributed by atoms with Crippen LogP contribution in [0.15, 0.2) is 24.3 Å². The number of hydrogen-bond acceptors (Lipinski definition) is 3. The molecule has 4 heteroatoms. The fraction of sp³-hybridized carbons (Fsp3) is 0.538. The lowest BCUT2D eigenvalue weighted by atomic mass is 10.2. The van der Waals surface area contributed by atoms with Gasteiger partial charge in [-0.2, -0.15) is 0 Å². The molecule has 0 atom stereocenters. The third kappa shape index (κ3) is 6.51. The Morgan fingerprint density at radius 2 is 1.88 bits per heavy atom. The van der Waals surface area contributed by atoms with Crippen LogP contribution >= 0.6 is 11.6 Å². The number of benzene rings is 1. The second-order valence-electron chi connectivity index (χ2n) is 3.72. The predicted octanol–water partition coefficient (Wildman–Crippen LogP) is 2.89. The highest BCUT2D eigenvalue weighted by atomic mass is 35.5. The Labute approximate surface area is 108 Å². The first-order chi connectivity index (χ1) is 8.36. The zero-order chi connectivity index (χ0) is 12.3. The highest BCUT2D eigenvalue weighted by Crippen LogP contribution is 2.10. The number of ether oxygens (including phenoxy) is 2. The molecule has 1 aromatic carbocycles. The largest absolute Gasteiger partial charge is 0.385 e. The first-order valence-electron chi connectivity index (χ1n) is 5.82. The first kappa shape index (κ1) is 14.3. The Hall–Kier alpha value is -0.770. The van der Waals surface area contributed by atoms with Crippen molar-refractivity contribution in [3.05, 3.63) is 29.8 Å². The molecule has 1 N–H and O–H groups in total. The Balaban J connectivity index is 2.05. The van der Waals surface area contributed by atoms with E-state index in [0.717, 1.165) is 37.4 Å². The van der Waals surface area contributed by atoms with E-state index in [1.165, 1.54) is 0 Å². The van der Waals surface area contributed by atoms with Gasteiger partial charge in [0.2, 0.25) is 0 Å². The Kier molecular flexibility index (Phi) is 7.80. The second kappa shape index (κ2) is 9.28. The van der Waals surface area contributed by atoms with Gasteiger partial charge in [-0.3, -0.25) is 0 Å². The molecule has 17 heavy (non-hydrogen) atoms. The van der Waals surface area contributed by atoms with Crippen LogP contribution in [0.5, 0.6) is 0 Å². The number of rotatable bonds is 9. The van der Waals surface area contributed by atoms with Gasteiger partial charge in [0.25, 0.3) is 0 Å². The molecule has 0 radical (unpaired) electrons. The van der Waals surface area contributed by atoms with E-state index in [1.807, 2.05) is 24.3 Å². The summed E-state index contributed by atoms with van der Waals surface area (Å²) >= 11 is 5.72. The highest BCUT2D eigenvalue weighted by molar-refractivity contribution is 6.17. The zero-order valence-corrected chi connectivity index (χ0v) is 11.0. The molecule has 0 amide bonds. The number of methoxy groups -OCH3 is 1. The van der Waals surface area contributed by atoms with Gasteiger partial charge in [0.1, 0.15) is 0 Å². The average molecular weight is 258 g/mol. The van der Waals surface area contributed by atoms with Crippen LogP contribution < -0.4 is 5.32 Å². The fourth-order valence-corrected chi connectivity index (χ4v) is 1.56. The lowest BCUT2D eigenvalue weighted by molar-refractivity contribution is 0.109. The Bertz CT molecular complexity index is 290. The second-order valence-corrected chi connectivity index (χ2v) is 3.98. The standard InChI is InChI=1S/C13H20ClNO2/c1-16-8-2-9-17-10-7-15-13-5-3-12(11-14)4-6-13/h3-6,15H,2,7-11H2,1H3. The summed E-state index contributed by atoms with van der Waals surface area (Å²) in [5, 5.41) is 3.29. The first-order valence-corrected chi connectivity index (χ1v) is 6.35. The molecule has 0 heterocycles. The molecule has 0 bridgehead atoms. The lowest BCUT2D eigenvalue weighted by Gasteiger charge is -2.07. The molecular weight excluding hydrogens is 238 g/mol. The van der Waals surface area contributed by atoms with Crippen LogP contribution in [0.2, 0.25) is 0 Å². The third-order valence-electron chi connectivity index (χ3n) is 2.32. The van der Waals surface area contributed by atoms with Gasteiger partial charge in [0.15, 0.2) is 0 Å². The minimum Gasteiger partial charge on any atom is -0.385 e. The van der Waals surface area contributed by atoms with Crippen LogP contribution in [0.4, 0.5) is 5.69 Å². The molecule has 0 fully saturated rings. The summed E-state index contributed by atoms with van der Waals surface area (Å²) in [6.45, 7) is 3.03. The average Bonchev–Trinajstić information content (AvgIpc) is 2.38. The molecule has 0 saturated heterocycles. The SMILES string of the molecule is COCCCOCCNc1ccc(CCl)cc1. The van der Waals surface area contributed by atoms with Crippen LogP contribution in [0.3, 0.4) is 0 Å². The summed E-state index contributed by atoms with van der Waals surface area (Å²) in [5.41, 5.74) is 2.23. The summed E-state index contributed by atoms with van der Waals surface area (Å²) in [6.07, 6.45) is 0.945. The maximum atomic E-state index is 5.72. The van der Waals surface area contributed by atoms with Crippen molar-refractivity contribution in [2.24, 2.45) is 0 Å². The topological polar surface area (TPSA) is 30.5 Å². The van der Waals surface area contributed by atoms with Crippen molar-refractivity contribution >= 4 is 17.3 Å². The summed E-state index contributed by atoms with van der Waals surface area (Å²) in [4.78, 5) is 0. The minimum absolute atomic E-state index is 0.558. The fourth-order valence-electron chi connectivity index (χ4n) is 1.39. The van der Waals surface area contributed by atoms with Gasteiger partial charge in [-0.05, 0) is 24.1 Å². The van der Waals surface area contributed by atoms with Crippen molar-refractivity contribution in [1.82, 2.24) is 0 Å². The van der Waals surface area contributed by atoms with Crippen LogP contribution in [0, 0.1) is 0 Å². The van der Waals surface area contributed by atoms with Gasteiger partial charge in [-0.15, -0.1) is 11.6 Å². The molecule has 1 rings (SSSR count). The number of hydrogen-bond donors (Lipinski definition) is 1. The molecule has 0 aromatic heterocycles. The molecular formula is C13H20ClNO2. The summed E-state index contributed by atoms with van der Waals surface area (Å²) in [7, 11) is 1.70. The predicted molar refractivity (Wildman–Crippen MR) is 71.8 cm³/mol. The number of alkyl halides is 1. The normalized spacial score (nSPS) is 10.5. The van der Waals surface area contributed by atoms with Crippen molar-refractivity contribution < 1.29 is 9.47 Å². The van der Waals surface area contributed by atoms with Crippen molar-refractivity contribution in [2.75, 3.05) is 38.8 Å². The van der Waals surface area contributed by atoms with Crippen LogP contribution in [-0.4, -0.2) is 33.5 Å². The van der Waals surface area contributed by atoms with Crippen molar-refractivity contribution in [3.63, 3.8) is 0 Å². The molecule has 96 valence electrons. The van der Waals surface area contributed by atoms with Gasteiger partial charge in [0, 0.05) is 38.4 Å². The molecule has 3 nitrogen and oxygen atoms in total. The number of halogens is 1. The number of nitrogens with one attached hydrogen (secondary N) is 1. The van der Waals surface area contributed by atoms with Crippen molar-refractivity contribution in [1.29, 1.82) is 0 Å². The number of anilines is 1. The van der Waals surface area contributed by atoms with Crippen molar-refractivity contribution in [3.8, 4) is 0 Å². The van der Waals surface area contributed by atoms with E-state index in [9.17, 15) is 0 Å². The molecule has 0 aliphatic carbocycles. The van der Waals surface area contributed by atoms with E-state index in [0.29, 0.717) is 12.5 Å². The molecule has 1 aromatic rings. The Morgan fingerprint density at radius 3 is 2.53 bits per heavy atom. The quantitative estimate of drug-likeness (QED) is 0.545. The third-order valence-corrected chi connectivity index (χ3v) is 2.63. The summed E-state index contributed by atoms with van der Waals surface area (Å²) < 4.78 is 10.4. The molecule has 0 spiro atoms. The van der Waals surface area contributed by atoms with Gasteiger partial charge in [-0.1, -0.05) is 12.1 Å².